The minimum Gasteiger partial charge on any atom is -0.383 e. The summed E-state index contributed by atoms with van der Waals surface area (Å²) in [7, 11) is 1.74. The topological polar surface area (TPSA) is 36.0 Å². The maximum atomic E-state index is 12.7. The van der Waals surface area contributed by atoms with Gasteiger partial charge in [0.05, 0.1) is 12.5 Å². The first kappa shape index (κ1) is 23.5. The third-order valence-electron chi connectivity index (χ3n) is 4.99. The number of carbonyl (C=O) groups excluding carboxylic acids is 1. The third-order valence-corrected chi connectivity index (χ3v) is 5.23. The van der Waals surface area contributed by atoms with Gasteiger partial charge in [-0.2, -0.15) is 0 Å². The Labute approximate surface area is 173 Å². The Morgan fingerprint density at radius 3 is 2.46 bits per heavy atom. The first-order chi connectivity index (χ1) is 11.7. The van der Waals surface area contributed by atoms with Crippen LogP contribution in [-0.4, -0.2) is 75.2 Å². The monoisotopic (exact) mass is 423 g/mol. The van der Waals surface area contributed by atoms with Gasteiger partial charge in [-0.15, -0.1) is 24.8 Å². The van der Waals surface area contributed by atoms with Gasteiger partial charge in [-0.3, -0.25) is 9.69 Å². The van der Waals surface area contributed by atoms with Gasteiger partial charge in [-0.25, -0.2) is 0 Å². The summed E-state index contributed by atoms with van der Waals surface area (Å²) in [6, 6.07) is 7.57. The average molecular weight is 425 g/mol. The van der Waals surface area contributed by atoms with Crippen molar-refractivity contribution in [3.05, 3.63) is 29.3 Å². The summed E-state index contributed by atoms with van der Waals surface area (Å²) < 4.78 is 5.14. The summed E-state index contributed by atoms with van der Waals surface area (Å²) in [6.07, 6.45) is 0.926. The Morgan fingerprint density at radius 1 is 1.12 bits per heavy atom. The fourth-order valence-corrected chi connectivity index (χ4v) is 3.72. The standard InChI is InChI=1S/C18H26ClN3O2.2ClH/c1-24-12-11-20-7-9-21(10-8-20)14-15-5-6-22(18(15)23)17-4-2-3-16(19)13-17;;/h2-4,13,15H,5-12,14H2,1H3;2*1H. The Hall–Kier alpha value is -0.560. The van der Waals surface area contributed by atoms with Crippen LogP contribution in [0, 0.1) is 5.92 Å². The Bertz CT molecular complexity index is 568. The molecule has 0 spiro atoms. The Kier molecular flexibility index (Phi) is 10.2. The molecule has 3 rings (SSSR count). The van der Waals surface area contributed by atoms with Gasteiger partial charge in [0, 0.05) is 63.6 Å². The van der Waals surface area contributed by atoms with Gasteiger partial charge in [0.1, 0.15) is 0 Å². The molecule has 0 radical (unpaired) electrons. The van der Waals surface area contributed by atoms with Crippen molar-refractivity contribution in [2.45, 2.75) is 6.42 Å². The number of rotatable bonds is 6. The predicted molar refractivity (Wildman–Crippen MR) is 111 cm³/mol. The molecule has 0 bridgehead atoms. The van der Waals surface area contributed by atoms with E-state index in [0.29, 0.717) is 5.02 Å². The first-order valence-electron chi connectivity index (χ1n) is 8.68. The maximum Gasteiger partial charge on any atom is 0.231 e. The fourth-order valence-electron chi connectivity index (χ4n) is 3.54. The van der Waals surface area contributed by atoms with Gasteiger partial charge >= 0.3 is 0 Å². The van der Waals surface area contributed by atoms with Gasteiger partial charge in [-0.1, -0.05) is 17.7 Å². The molecule has 1 amide bonds. The van der Waals surface area contributed by atoms with Crippen molar-refractivity contribution in [1.82, 2.24) is 9.80 Å². The molecule has 0 N–H and O–H groups in total. The molecule has 0 saturated carbocycles. The zero-order valence-corrected chi connectivity index (χ0v) is 17.5. The van der Waals surface area contributed by atoms with Crippen LogP contribution in [0.15, 0.2) is 24.3 Å². The highest BCUT2D eigenvalue weighted by Crippen LogP contribution is 2.27. The van der Waals surface area contributed by atoms with E-state index in [0.717, 1.165) is 64.5 Å². The number of nitrogens with zero attached hydrogens (tertiary/aromatic N) is 3. The van der Waals surface area contributed by atoms with E-state index in [1.807, 2.05) is 29.2 Å². The van der Waals surface area contributed by atoms with E-state index in [-0.39, 0.29) is 36.6 Å². The van der Waals surface area contributed by atoms with Crippen LogP contribution in [0.2, 0.25) is 5.02 Å². The molecule has 0 aliphatic carbocycles. The number of halogens is 3. The molecule has 1 atom stereocenters. The number of hydrogen-bond donors (Lipinski definition) is 0. The van der Waals surface area contributed by atoms with Crippen LogP contribution in [0.1, 0.15) is 6.42 Å². The molecule has 1 unspecified atom stereocenters. The SMILES string of the molecule is COCCN1CCN(CC2CCN(c3cccc(Cl)c3)C2=O)CC1.Cl.Cl. The molecule has 2 saturated heterocycles. The summed E-state index contributed by atoms with van der Waals surface area (Å²) in [6.45, 7) is 7.62. The molecule has 1 aromatic carbocycles. The Balaban J connectivity index is 0.00000169. The lowest BCUT2D eigenvalue weighted by Gasteiger charge is -2.35. The lowest BCUT2D eigenvalue weighted by Crippen LogP contribution is -2.49. The van der Waals surface area contributed by atoms with E-state index in [9.17, 15) is 4.79 Å². The molecule has 2 fully saturated rings. The fraction of sp³-hybridized carbons (Fsp3) is 0.611. The molecule has 2 aliphatic heterocycles. The highest BCUT2D eigenvalue weighted by atomic mass is 35.5. The summed E-state index contributed by atoms with van der Waals surface area (Å²) in [5, 5.41) is 0.677. The largest absolute Gasteiger partial charge is 0.383 e. The quantitative estimate of drug-likeness (QED) is 0.703. The number of hydrogen-bond acceptors (Lipinski definition) is 4. The summed E-state index contributed by atoms with van der Waals surface area (Å²) >= 11 is 6.05. The van der Waals surface area contributed by atoms with Crippen LogP contribution in [-0.2, 0) is 9.53 Å². The van der Waals surface area contributed by atoms with Crippen LogP contribution in [0.25, 0.3) is 0 Å². The molecule has 0 aromatic heterocycles. The zero-order valence-electron chi connectivity index (χ0n) is 15.1. The minimum absolute atomic E-state index is 0. The zero-order chi connectivity index (χ0) is 16.9. The van der Waals surface area contributed by atoms with Crippen LogP contribution in [0.3, 0.4) is 0 Å². The number of ether oxygens (including phenoxy) is 1. The smallest absolute Gasteiger partial charge is 0.231 e. The van der Waals surface area contributed by atoms with Crippen molar-refractivity contribution in [2.75, 3.05) is 64.4 Å². The lowest BCUT2D eigenvalue weighted by atomic mass is 10.1. The van der Waals surface area contributed by atoms with Gasteiger partial charge in [0.15, 0.2) is 0 Å². The maximum absolute atomic E-state index is 12.7. The lowest BCUT2D eigenvalue weighted by molar-refractivity contribution is -0.121. The van der Waals surface area contributed by atoms with Crippen molar-refractivity contribution in [2.24, 2.45) is 5.92 Å². The van der Waals surface area contributed by atoms with Crippen molar-refractivity contribution in [3.63, 3.8) is 0 Å². The van der Waals surface area contributed by atoms with E-state index < -0.39 is 0 Å². The second-order valence-corrected chi connectivity index (χ2v) is 7.03. The molecule has 1 aromatic rings. The van der Waals surface area contributed by atoms with Gasteiger partial charge in [0.25, 0.3) is 0 Å². The van der Waals surface area contributed by atoms with Crippen molar-refractivity contribution in [3.8, 4) is 0 Å². The van der Waals surface area contributed by atoms with Gasteiger partial charge < -0.3 is 14.5 Å². The normalized spacial score (nSPS) is 21.4. The first-order valence-corrected chi connectivity index (χ1v) is 9.06. The van der Waals surface area contributed by atoms with Crippen molar-refractivity contribution < 1.29 is 9.53 Å². The number of amides is 1. The number of methoxy groups -OCH3 is 1. The number of piperazine rings is 1. The van der Waals surface area contributed by atoms with Crippen LogP contribution >= 0.6 is 36.4 Å². The van der Waals surface area contributed by atoms with Crippen LogP contribution < -0.4 is 4.90 Å². The molecular weight excluding hydrogens is 397 g/mol. The number of benzene rings is 1. The Morgan fingerprint density at radius 2 is 1.81 bits per heavy atom. The molecule has 2 heterocycles. The van der Waals surface area contributed by atoms with Crippen LogP contribution in [0.4, 0.5) is 5.69 Å². The van der Waals surface area contributed by atoms with Crippen molar-refractivity contribution >= 4 is 48.0 Å². The minimum atomic E-state index is 0. The summed E-state index contributed by atoms with van der Waals surface area (Å²) in [5.41, 5.74) is 0.916. The van der Waals surface area contributed by atoms with E-state index in [2.05, 4.69) is 9.80 Å². The average Bonchev–Trinajstić information content (AvgIpc) is 2.95. The molecule has 148 valence electrons. The predicted octanol–water partition coefficient (Wildman–Crippen LogP) is 2.80. The van der Waals surface area contributed by atoms with Crippen LogP contribution in [0.5, 0.6) is 0 Å². The van der Waals surface area contributed by atoms with E-state index in [4.69, 9.17) is 16.3 Å². The molecule has 26 heavy (non-hydrogen) atoms. The van der Waals surface area contributed by atoms with Crippen molar-refractivity contribution in [1.29, 1.82) is 0 Å². The van der Waals surface area contributed by atoms with E-state index >= 15 is 0 Å². The molecule has 5 nitrogen and oxygen atoms in total. The molecular formula is C18H28Cl3N3O2. The molecule has 2 aliphatic rings. The summed E-state index contributed by atoms with van der Waals surface area (Å²) in [4.78, 5) is 19.5. The highest BCUT2D eigenvalue weighted by Gasteiger charge is 2.34. The summed E-state index contributed by atoms with van der Waals surface area (Å²) in [5.74, 6) is 0.341. The number of anilines is 1. The second kappa shape index (κ2) is 11.3. The van der Waals surface area contributed by atoms with E-state index in [1.165, 1.54) is 0 Å². The number of carbonyl (C=O) groups is 1. The highest BCUT2D eigenvalue weighted by molar-refractivity contribution is 6.30. The second-order valence-electron chi connectivity index (χ2n) is 6.59. The van der Waals surface area contributed by atoms with Gasteiger partial charge in [-0.05, 0) is 24.6 Å². The third kappa shape index (κ3) is 5.98. The van der Waals surface area contributed by atoms with Gasteiger partial charge in [0.2, 0.25) is 5.91 Å². The van der Waals surface area contributed by atoms with E-state index in [1.54, 1.807) is 7.11 Å². The molecule has 8 heteroatoms.